The maximum Gasteiger partial charge on any atom is 0.139 e. The van der Waals surface area contributed by atoms with Crippen molar-refractivity contribution in [2.75, 3.05) is 0 Å². The second kappa shape index (κ2) is 3.80. The van der Waals surface area contributed by atoms with Gasteiger partial charge in [-0.15, -0.1) is 0 Å². The summed E-state index contributed by atoms with van der Waals surface area (Å²) in [4.78, 5) is 12.7. The minimum atomic E-state index is 0.0745. The molecule has 0 aromatic heterocycles. The lowest BCUT2D eigenvalue weighted by Gasteiger charge is -2.52. The zero-order chi connectivity index (χ0) is 14.2. The van der Waals surface area contributed by atoms with Crippen molar-refractivity contribution < 1.29 is 4.79 Å². The fraction of sp³-hybridized carbons (Fsp3) is 0.650. The zero-order valence-electron chi connectivity index (χ0n) is 12.9. The number of hydrogen-bond acceptors (Lipinski definition) is 1. The van der Waals surface area contributed by atoms with Crippen LogP contribution in [0.4, 0.5) is 0 Å². The van der Waals surface area contributed by atoms with Crippen LogP contribution in [0, 0.1) is 22.7 Å². The van der Waals surface area contributed by atoms with Crippen molar-refractivity contribution in [2.45, 2.75) is 57.8 Å². The molecule has 0 N–H and O–H groups in total. The van der Waals surface area contributed by atoms with Gasteiger partial charge in [0.1, 0.15) is 5.78 Å². The molecule has 1 aromatic rings. The molecule has 4 aliphatic rings. The van der Waals surface area contributed by atoms with Crippen molar-refractivity contribution in [3.05, 3.63) is 35.4 Å². The molecule has 0 unspecified atom stereocenters. The molecule has 0 saturated heterocycles. The lowest BCUT2D eigenvalue weighted by molar-refractivity contribution is -0.134. The smallest absolute Gasteiger partial charge is 0.139 e. The first-order valence-corrected chi connectivity index (χ1v) is 8.84. The summed E-state index contributed by atoms with van der Waals surface area (Å²) in [6.07, 6.45) is 8.32. The molecule has 0 heterocycles. The summed E-state index contributed by atoms with van der Waals surface area (Å²) in [7, 11) is 0. The van der Waals surface area contributed by atoms with E-state index >= 15 is 0 Å². The fourth-order valence-electron chi connectivity index (χ4n) is 6.98. The number of ketones is 1. The summed E-state index contributed by atoms with van der Waals surface area (Å²) < 4.78 is 0. The van der Waals surface area contributed by atoms with Gasteiger partial charge in [0, 0.05) is 11.8 Å². The molecular formula is C20H24O. The van der Waals surface area contributed by atoms with Crippen LogP contribution in [0.3, 0.4) is 0 Å². The quantitative estimate of drug-likeness (QED) is 0.740. The molecule has 0 amide bonds. The lowest BCUT2D eigenvalue weighted by Crippen LogP contribution is -2.47. The van der Waals surface area contributed by atoms with Crippen LogP contribution in [0.15, 0.2) is 24.3 Å². The molecule has 110 valence electrons. The van der Waals surface area contributed by atoms with E-state index in [9.17, 15) is 4.79 Å². The first kappa shape index (κ1) is 12.4. The molecule has 5 rings (SSSR count). The van der Waals surface area contributed by atoms with Gasteiger partial charge < -0.3 is 0 Å². The van der Waals surface area contributed by atoms with Crippen LogP contribution in [-0.4, -0.2) is 5.78 Å². The number of carbonyl (C=O) groups excluding carboxylic acids is 1. The molecule has 3 saturated carbocycles. The average molecular weight is 280 g/mol. The molecule has 0 aliphatic heterocycles. The van der Waals surface area contributed by atoms with Crippen LogP contribution in [-0.2, 0) is 11.2 Å². The second-order valence-corrected chi connectivity index (χ2v) is 7.99. The predicted molar refractivity (Wildman–Crippen MR) is 83.1 cm³/mol. The summed E-state index contributed by atoms with van der Waals surface area (Å²) in [6.45, 7) is 2.28. The Balaban J connectivity index is 1.63. The lowest BCUT2D eigenvalue weighted by atomic mass is 9.51. The highest BCUT2D eigenvalue weighted by molar-refractivity contribution is 5.91. The van der Waals surface area contributed by atoms with E-state index in [0.29, 0.717) is 11.2 Å². The fourth-order valence-corrected chi connectivity index (χ4v) is 6.98. The van der Waals surface area contributed by atoms with Gasteiger partial charge in [0.05, 0.1) is 0 Å². The number of hydrogen-bond donors (Lipinski definition) is 0. The van der Waals surface area contributed by atoms with E-state index in [2.05, 4.69) is 31.2 Å². The number of fused-ring (bicyclic) bond motifs is 3. The van der Waals surface area contributed by atoms with Crippen molar-refractivity contribution in [1.29, 1.82) is 0 Å². The Hall–Kier alpha value is -1.11. The maximum absolute atomic E-state index is 12.7. The third-order valence-corrected chi connectivity index (χ3v) is 7.82. The van der Waals surface area contributed by atoms with Gasteiger partial charge in [-0.1, -0.05) is 31.2 Å². The monoisotopic (exact) mass is 280 g/mol. The minimum absolute atomic E-state index is 0.0745. The second-order valence-electron chi connectivity index (χ2n) is 7.99. The van der Waals surface area contributed by atoms with Gasteiger partial charge in [0.25, 0.3) is 0 Å². The van der Waals surface area contributed by atoms with Gasteiger partial charge in [0.15, 0.2) is 0 Å². The Kier molecular flexibility index (Phi) is 2.25. The Bertz CT molecular complexity index is 632. The molecule has 1 spiro atoms. The molecule has 21 heavy (non-hydrogen) atoms. The highest BCUT2D eigenvalue weighted by Crippen LogP contribution is 2.81. The Labute approximate surface area is 127 Å². The topological polar surface area (TPSA) is 17.1 Å². The number of benzene rings is 1. The van der Waals surface area contributed by atoms with Gasteiger partial charge >= 0.3 is 0 Å². The Morgan fingerprint density at radius 3 is 2.95 bits per heavy atom. The molecule has 5 atom stereocenters. The van der Waals surface area contributed by atoms with Gasteiger partial charge in [-0.3, -0.25) is 4.79 Å². The van der Waals surface area contributed by atoms with Crippen molar-refractivity contribution in [3.8, 4) is 0 Å². The third-order valence-electron chi connectivity index (χ3n) is 7.82. The number of carbonyl (C=O) groups is 1. The zero-order valence-corrected chi connectivity index (χ0v) is 12.9. The Morgan fingerprint density at radius 2 is 2.10 bits per heavy atom. The molecule has 4 aliphatic carbocycles. The van der Waals surface area contributed by atoms with Crippen LogP contribution in [0.2, 0.25) is 0 Å². The summed E-state index contributed by atoms with van der Waals surface area (Å²) in [6, 6.07) is 9.10. The van der Waals surface area contributed by atoms with Gasteiger partial charge in [0.2, 0.25) is 0 Å². The summed E-state index contributed by atoms with van der Waals surface area (Å²) in [5.41, 5.74) is 3.69. The molecule has 0 bridgehead atoms. The molecule has 1 aromatic carbocycles. The predicted octanol–water partition coefficient (Wildman–Crippen LogP) is 4.50. The largest absolute Gasteiger partial charge is 0.299 e. The van der Waals surface area contributed by atoms with Crippen LogP contribution in [0.5, 0.6) is 0 Å². The van der Waals surface area contributed by atoms with E-state index in [4.69, 9.17) is 0 Å². The molecule has 1 heteroatoms. The third kappa shape index (κ3) is 1.24. The summed E-state index contributed by atoms with van der Waals surface area (Å²) in [5, 5.41) is 0. The standard InChI is InChI=1S/C20H24O/c1-2-19-10-9-16-15-6-4-3-5-13(15)7-8-17(16)20(19)12-14(20)11-18(19)21/h3-6,14,16-17H,2,7-12H2,1H3/t14-,16-,17-,19-,20+/m1/s1. The van der Waals surface area contributed by atoms with E-state index in [0.717, 1.165) is 37.0 Å². The van der Waals surface area contributed by atoms with Crippen molar-refractivity contribution in [2.24, 2.45) is 22.7 Å². The van der Waals surface area contributed by atoms with Gasteiger partial charge in [-0.25, -0.2) is 0 Å². The minimum Gasteiger partial charge on any atom is -0.299 e. The highest BCUT2D eigenvalue weighted by Gasteiger charge is 2.77. The SMILES string of the molecule is CC[C@]12CC[C@@H]3c4ccccc4CC[C@H]3[C@@]13C[C@H]3CC2=O. The van der Waals surface area contributed by atoms with E-state index in [-0.39, 0.29) is 5.41 Å². The van der Waals surface area contributed by atoms with Crippen LogP contribution in [0.25, 0.3) is 0 Å². The average Bonchev–Trinajstić information content (AvgIpc) is 3.16. The normalized spacial score (nSPS) is 46.3. The van der Waals surface area contributed by atoms with E-state index in [1.165, 1.54) is 25.7 Å². The maximum atomic E-state index is 12.7. The highest BCUT2D eigenvalue weighted by atomic mass is 16.1. The summed E-state index contributed by atoms with van der Waals surface area (Å²) in [5.74, 6) is 2.89. The van der Waals surface area contributed by atoms with E-state index in [1.54, 1.807) is 11.1 Å². The van der Waals surface area contributed by atoms with Gasteiger partial charge in [-0.05, 0) is 72.8 Å². The first-order chi connectivity index (χ1) is 10.2. The molecular weight excluding hydrogens is 256 g/mol. The van der Waals surface area contributed by atoms with Crippen molar-refractivity contribution in [3.63, 3.8) is 0 Å². The van der Waals surface area contributed by atoms with Crippen molar-refractivity contribution in [1.82, 2.24) is 0 Å². The molecule has 0 radical (unpaired) electrons. The van der Waals surface area contributed by atoms with E-state index in [1.807, 2.05) is 0 Å². The van der Waals surface area contributed by atoms with Crippen LogP contribution >= 0.6 is 0 Å². The molecule has 1 nitrogen and oxygen atoms in total. The van der Waals surface area contributed by atoms with E-state index < -0.39 is 0 Å². The first-order valence-electron chi connectivity index (χ1n) is 8.84. The summed E-state index contributed by atoms with van der Waals surface area (Å²) >= 11 is 0. The molecule has 3 fully saturated rings. The number of rotatable bonds is 1. The Morgan fingerprint density at radius 1 is 1.24 bits per heavy atom. The van der Waals surface area contributed by atoms with Crippen molar-refractivity contribution >= 4 is 5.78 Å². The van der Waals surface area contributed by atoms with Crippen LogP contribution < -0.4 is 0 Å². The van der Waals surface area contributed by atoms with Crippen LogP contribution in [0.1, 0.15) is 62.5 Å². The number of Topliss-reactive ketones (excluding diaryl/α,β-unsaturated/α-hetero) is 1. The van der Waals surface area contributed by atoms with Gasteiger partial charge in [-0.2, -0.15) is 0 Å². The number of aryl methyl sites for hydroxylation is 1.